The fraction of sp³-hybridized carbons (Fsp3) is 0.333. The molecule has 1 aliphatic rings. The highest BCUT2D eigenvalue weighted by atomic mass is 32.1. The first kappa shape index (κ1) is 11.1. The van der Waals surface area contributed by atoms with E-state index in [9.17, 15) is 4.79 Å². The first-order valence-corrected chi connectivity index (χ1v) is 5.75. The molecule has 4 heteroatoms. The van der Waals surface area contributed by atoms with Crippen LogP contribution in [0.2, 0.25) is 0 Å². The fourth-order valence-electron chi connectivity index (χ4n) is 1.76. The van der Waals surface area contributed by atoms with E-state index in [0.717, 1.165) is 6.42 Å². The quantitative estimate of drug-likeness (QED) is 0.801. The molecule has 1 aromatic carbocycles. The molecule has 0 unspecified atom stereocenters. The number of amides is 1. The maximum Gasteiger partial charge on any atom is 0.251 e. The minimum absolute atomic E-state index is 0.0703. The van der Waals surface area contributed by atoms with Crippen LogP contribution >= 0.6 is 12.2 Å². The van der Waals surface area contributed by atoms with Crippen LogP contribution in [-0.4, -0.2) is 28.5 Å². The number of carbonyl (C=O) groups is 1. The number of thiocarbonyl (C=S) groups is 1. The van der Waals surface area contributed by atoms with E-state index in [2.05, 4.69) is 17.4 Å². The maximum absolute atomic E-state index is 11.7. The molecule has 1 saturated heterocycles. The average molecular weight is 234 g/mol. The zero-order valence-corrected chi connectivity index (χ0v) is 9.96. The molecule has 84 valence electrons. The van der Waals surface area contributed by atoms with Gasteiger partial charge in [-0.15, -0.1) is 0 Å². The summed E-state index contributed by atoms with van der Waals surface area (Å²) < 4.78 is 0. The number of nitrogens with one attached hydrogen (secondary N) is 1. The first-order valence-electron chi connectivity index (χ1n) is 5.34. The van der Waals surface area contributed by atoms with Crippen LogP contribution in [-0.2, 0) is 11.2 Å². The van der Waals surface area contributed by atoms with Gasteiger partial charge in [0.1, 0.15) is 6.04 Å². The zero-order chi connectivity index (χ0) is 11.5. The lowest BCUT2D eigenvalue weighted by Gasteiger charge is -2.14. The van der Waals surface area contributed by atoms with Gasteiger partial charge in [0.05, 0.1) is 0 Å². The lowest BCUT2D eigenvalue weighted by Crippen LogP contribution is -2.32. The lowest BCUT2D eigenvalue weighted by atomic mass is 10.1. The van der Waals surface area contributed by atoms with E-state index >= 15 is 0 Å². The summed E-state index contributed by atoms with van der Waals surface area (Å²) in [5.74, 6) is 0.0703. The molecular weight excluding hydrogens is 220 g/mol. The predicted molar refractivity (Wildman–Crippen MR) is 67.1 cm³/mol. The molecule has 16 heavy (non-hydrogen) atoms. The molecule has 1 aromatic rings. The molecule has 1 amide bonds. The van der Waals surface area contributed by atoms with Gasteiger partial charge < -0.3 is 5.32 Å². The van der Waals surface area contributed by atoms with Crippen LogP contribution in [0.5, 0.6) is 0 Å². The first-order chi connectivity index (χ1) is 7.68. The summed E-state index contributed by atoms with van der Waals surface area (Å²) >= 11 is 5.10. The number of hydrogen-bond donors (Lipinski definition) is 1. The monoisotopic (exact) mass is 234 g/mol. The molecule has 1 N–H and O–H groups in total. The van der Waals surface area contributed by atoms with Crippen molar-refractivity contribution in [2.75, 3.05) is 6.54 Å². The topological polar surface area (TPSA) is 32.3 Å². The second-order valence-electron chi connectivity index (χ2n) is 3.90. The molecule has 0 bridgehead atoms. The van der Waals surface area contributed by atoms with Crippen molar-refractivity contribution >= 4 is 23.2 Å². The molecule has 2 rings (SSSR count). The van der Waals surface area contributed by atoms with Crippen molar-refractivity contribution < 1.29 is 4.79 Å². The summed E-state index contributed by atoms with van der Waals surface area (Å²) in [5.41, 5.74) is 1.22. The Hall–Kier alpha value is -1.42. The van der Waals surface area contributed by atoms with E-state index in [1.807, 2.05) is 25.1 Å². The van der Waals surface area contributed by atoms with Crippen molar-refractivity contribution in [2.45, 2.75) is 19.4 Å². The van der Waals surface area contributed by atoms with Crippen molar-refractivity contribution in [2.24, 2.45) is 0 Å². The molecule has 1 atom stereocenters. The van der Waals surface area contributed by atoms with Gasteiger partial charge in [-0.05, 0) is 31.1 Å². The molecule has 3 nitrogen and oxygen atoms in total. The van der Waals surface area contributed by atoms with Crippen LogP contribution in [0.25, 0.3) is 0 Å². The van der Waals surface area contributed by atoms with Gasteiger partial charge in [0.25, 0.3) is 5.91 Å². The van der Waals surface area contributed by atoms with Gasteiger partial charge in [0, 0.05) is 6.54 Å². The van der Waals surface area contributed by atoms with Gasteiger partial charge in [-0.3, -0.25) is 9.69 Å². The fourth-order valence-corrected chi connectivity index (χ4v) is 2.11. The second kappa shape index (κ2) is 4.61. The van der Waals surface area contributed by atoms with Crippen molar-refractivity contribution in [1.82, 2.24) is 10.2 Å². The Morgan fingerprint density at radius 3 is 2.62 bits per heavy atom. The summed E-state index contributed by atoms with van der Waals surface area (Å²) in [5, 5.41) is 3.51. The molecule has 0 aliphatic carbocycles. The normalized spacial score (nSPS) is 20.1. The number of benzene rings is 1. The Kier molecular flexibility index (Phi) is 3.19. The summed E-state index contributed by atoms with van der Waals surface area (Å²) in [6.45, 7) is 2.48. The third-order valence-corrected chi connectivity index (χ3v) is 3.03. The van der Waals surface area contributed by atoms with Crippen molar-refractivity contribution in [3.8, 4) is 0 Å². The lowest BCUT2D eigenvalue weighted by molar-refractivity contribution is -0.126. The molecular formula is C12H14N2OS. The number of rotatable bonds is 3. The molecule has 1 fully saturated rings. The average Bonchev–Trinajstić information content (AvgIpc) is 2.53. The minimum Gasteiger partial charge on any atom is -0.351 e. The van der Waals surface area contributed by atoms with Crippen LogP contribution in [0, 0.1) is 0 Å². The summed E-state index contributed by atoms with van der Waals surface area (Å²) in [4.78, 5) is 13.4. The molecule has 0 saturated carbocycles. The van der Waals surface area contributed by atoms with Gasteiger partial charge >= 0.3 is 0 Å². The third-order valence-electron chi connectivity index (χ3n) is 2.69. The highest BCUT2D eigenvalue weighted by Gasteiger charge is 2.31. The SMILES string of the molecule is C[C@@H]1NC(=S)N(CCc2ccccc2)C1=O. The van der Waals surface area contributed by atoms with E-state index in [1.165, 1.54) is 5.56 Å². The largest absolute Gasteiger partial charge is 0.351 e. The van der Waals surface area contributed by atoms with E-state index in [-0.39, 0.29) is 11.9 Å². The van der Waals surface area contributed by atoms with Gasteiger partial charge in [0.15, 0.2) is 5.11 Å². The van der Waals surface area contributed by atoms with E-state index in [1.54, 1.807) is 4.90 Å². The van der Waals surface area contributed by atoms with Crippen molar-refractivity contribution in [1.29, 1.82) is 0 Å². The Labute approximate surface area is 100 Å². The van der Waals surface area contributed by atoms with Gasteiger partial charge in [-0.1, -0.05) is 30.3 Å². The predicted octanol–water partition coefficient (Wildman–Crippen LogP) is 1.33. The van der Waals surface area contributed by atoms with Crippen LogP contribution in [0.1, 0.15) is 12.5 Å². The zero-order valence-electron chi connectivity index (χ0n) is 9.14. The van der Waals surface area contributed by atoms with Gasteiger partial charge in [-0.25, -0.2) is 0 Å². The molecule has 1 heterocycles. The second-order valence-corrected chi connectivity index (χ2v) is 4.28. The standard InChI is InChI=1S/C12H14N2OS/c1-9-11(15)14(12(16)13-9)8-7-10-5-3-2-4-6-10/h2-6,9H,7-8H2,1H3,(H,13,16)/t9-/m0/s1. The molecule has 0 radical (unpaired) electrons. The van der Waals surface area contributed by atoms with E-state index < -0.39 is 0 Å². The van der Waals surface area contributed by atoms with E-state index in [4.69, 9.17) is 12.2 Å². The smallest absolute Gasteiger partial charge is 0.251 e. The van der Waals surface area contributed by atoms with E-state index in [0.29, 0.717) is 11.7 Å². The minimum atomic E-state index is -0.178. The van der Waals surface area contributed by atoms with Crippen LogP contribution in [0.4, 0.5) is 0 Å². The van der Waals surface area contributed by atoms with Crippen molar-refractivity contribution in [3.63, 3.8) is 0 Å². The number of nitrogens with zero attached hydrogens (tertiary/aromatic N) is 1. The third kappa shape index (κ3) is 2.22. The van der Waals surface area contributed by atoms with Crippen LogP contribution in [0.15, 0.2) is 30.3 Å². The Morgan fingerprint density at radius 2 is 2.06 bits per heavy atom. The Morgan fingerprint density at radius 1 is 1.38 bits per heavy atom. The van der Waals surface area contributed by atoms with Gasteiger partial charge in [-0.2, -0.15) is 0 Å². The maximum atomic E-state index is 11.7. The summed E-state index contributed by atoms with van der Waals surface area (Å²) in [6.07, 6.45) is 0.834. The number of carbonyl (C=O) groups excluding carboxylic acids is 1. The Balaban J connectivity index is 1.96. The molecule has 0 spiro atoms. The Bertz CT molecular complexity index is 405. The van der Waals surface area contributed by atoms with Crippen LogP contribution in [0.3, 0.4) is 0 Å². The summed E-state index contributed by atoms with van der Waals surface area (Å²) in [7, 11) is 0. The highest BCUT2D eigenvalue weighted by Crippen LogP contribution is 2.08. The van der Waals surface area contributed by atoms with Crippen LogP contribution < -0.4 is 5.32 Å². The summed E-state index contributed by atoms with van der Waals surface area (Å²) in [6, 6.07) is 9.92. The highest BCUT2D eigenvalue weighted by molar-refractivity contribution is 7.80. The molecule has 1 aliphatic heterocycles. The van der Waals surface area contributed by atoms with Gasteiger partial charge in [0.2, 0.25) is 0 Å². The van der Waals surface area contributed by atoms with Crippen molar-refractivity contribution in [3.05, 3.63) is 35.9 Å². The molecule has 0 aromatic heterocycles. The number of hydrogen-bond acceptors (Lipinski definition) is 2.